The van der Waals surface area contributed by atoms with Gasteiger partial charge in [0.15, 0.2) is 0 Å². The fourth-order valence-electron chi connectivity index (χ4n) is 3.12. The van der Waals surface area contributed by atoms with Crippen molar-refractivity contribution >= 4 is 15.9 Å². The Hall–Kier alpha value is -3.16. The van der Waals surface area contributed by atoms with Crippen molar-refractivity contribution in [3.05, 3.63) is 95.1 Å². The van der Waals surface area contributed by atoms with Crippen LogP contribution in [0.25, 0.3) is 0 Å². The van der Waals surface area contributed by atoms with E-state index in [9.17, 15) is 18.3 Å². The summed E-state index contributed by atoms with van der Waals surface area (Å²) in [4.78, 5) is 12.7. The van der Waals surface area contributed by atoms with Crippen molar-refractivity contribution in [1.82, 2.24) is 10.0 Å². The van der Waals surface area contributed by atoms with Crippen molar-refractivity contribution in [1.29, 1.82) is 0 Å². The zero-order valence-corrected chi connectivity index (χ0v) is 18.2. The van der Waals surface area contributed by atoms with Gasteiger partial charge < -0.3 is 10.4 Å². The van der Waals surface area contributed by atoms with Gasteiger partial charge in [-0.3, -0.25) is 4.79 Å². The van der Waals surface area contributed by atoms with Crippen molar-refractivity contribution in [2.45, 2.75) is 31.2 Å². The molecular formula is C24H26N2O4S. The van der Waals surface area contributed by atoms with Gasteiger partial charge in [0.2, 0.25) is 10.0 Å². The van der Waals surface area contributed by atoms with Crippen LogP contribution < -0.4 is 10.0 Å². The summed E-state index contributed by atoms with van der Waals surface area (Å²) in [7, 11) is -3.75. The summed E-state index contributed by atoms with van der Waals surface area (Å²) >= 11 is 0. The number of nitrogens with one attached hydrogen (secondary N) is 2. The molecule has 6 nitrogen and oxygen atoms in total. The molecule has 0 atom stereocenters. The van der Waals surface area contributed by atoms with Gasteiger partial charge in [-0.2, -0.15) is 0 Å². The van der Waals surface area contributed by atoms with E-state index < -0.39 is 10.0 Å². The molecule has 0 aliphatic heterocycles. The molecule has 7 heteroatoms. The van der Waals surface area contributed by atoms with E-state index in [1.54, 1.807) is 25.1 Å². The molecule has 0 aliphatic carbocycles. The van der Waals surface area contributed by atoms with Gasteiger partial charge in [0.25, 0.3) is 5.91 Å². The minimum absolute atomic E-state index is 0.0586. The van der Waals surface area contributed by atoms with Crippen LogP contribution >= 0.6 is 0 Å². The maximum atomic E-state index is 12.7. The average molecular weight is 439 g/mol. The molecule has 0 radical (unpaired) electrons. The van der Waals surface area contributed by atoms with Crippen LogP contribution in [0.5, 0.6) is 5.75 Å². The quantitative estimate of drug-likeness (QED) is 0.445. The second-order valence-corrected chi connectivity index (χ2v) is 9.08. The van der Waals surface area contributed by atoms with E-state index in [2.05, 4.69) is 10.0 Å². The molecular weight excluding hydrogens is 412 g/mol. The Balaban J connectivity index is 1.59. The lowest BCUT2D eigenvalue weighted by Gasteiger charge is -2.11. The van der Waals surface area contributed by atoms with Crippen molar-refractivity contribution < 1.29 is 18.3 Å². The molecule has 1 amide bonds. The van der Waals surface area contributed by atoms with Crippen LogP contribution in [0.3, 0.4) is 0 Å². The third kappa shape index (κ3) is 6.41. The highest BCUT2D eigenvalue weighted by atomic mass is 32.2. The van der Waals surface area contributed by atoms with E-state index in [1.807, 2.05) is 42.5 Å². The van der Waals surface area contributed by atoms with Gasteiger partial charge in [-0.15, -0.1) is 0 Å². The monoisotopic (exact) mass is 438 g/mol. The number of carbonyl (C=O) groups excluding carboxylic acids is 1. The third-order valence-electron chi connectivity index (χ3n) is 4.94. The first-order valence-corrected chi connectivity index (χ1v) is 11.5. The topological polar surface area (TPSA) is 95.5 Å². The first-order chi connectivity index (χ1) is 14.8. The van der Waals surface area contributed by atoms with E-state index in [-0.39, 0.29) is 23.1 Å². The normalized spacial score (nSPS) is 11.3. The molecule has 0 saturated carbocycles. The Kier molecular flexibility index (Phi) is 7.44. The Morgan fingerprint density at radius 2 is 1.65 bits per heavy atom. The van der Waals surface area contributed by atoms with E-state index in [1.165, 1.54) is 12.1 Å². The van der Waals surface area contributed by atoms with Crippen LogP contribution in [0, 0.1) is 6.92 Å². The molecule has 0 heterocycles. The maximum Gasteiger partial charge on any atom is 0.251 e. The number of benzene rings is 3. The Bertz CT molecular complexity index is 1130. The molecule has 31 heavy (non-hydrogen) atoms. The van der Waals surface area contributed by atoms with Crippen LogP contribution in [-0.4, -0.2) is 26.0 Å². The number of phenolic OH excluding ortho intramolecular Hbond substituents is 1. The highest BCUT2D eigenvalue weighted by Gasteiger charge is 2.18. The van der Waals surface area contributed by atoms with Crippen LogP contribution in [0.15, 0.2) is 77.7 Å². The van der Waals surface area contributed by atoms with E-state index in [0.29, 0.717) is 17.7 Å². The van der Waals surface area contributed by atoms with Crippen molar-refractivity contribution in [3.63, 3.8) is 0 Å². The summed E-state index contributed by atoms with van der Waals surface area (Å²) < 4.78 is 27.9. The molecule has 3 N–H and O–H groups in total. The minimum atomic E-state index is -3.75. The number of rotatable bonds is 9. The lowest BCUT2D eigenvalue weighted by molar-refractivity contribution is 0.0952. The number of hydrogen-bond donors (Lipinski definition) is 3. The molecule has 0 spiro atoms. The van der Waals surface area contributed by atoms with E-state index in [4.69, 9.17) is 0 Å². The predicted octanol–water partition coefficient (Wildman–Crippen LogP) is 3.54. The lowest BCUT2D eigenvalue weighted by atomic mass is 10.1. The molecule has 0 unspecified atom stereocenters. The predicted molar refractivity (Wildman–Crippen MR) is 120 cm³/mol. The summed E-state index contributed by atoms with van der Waals surface area (Å²) in [5.41, 5.74) is 2.97. The maximum absolute atomic E-state index is 12.7. The Morgan fingerprint density at radius 3 is 2.35 bits per heavy atom. The zero-order chi connectivity index (χ0) is 22.3. The molecule has 3 rings (SSSR count). The number of carbonyl (C=O) groups is 1. The van der Waals surface area contributed by atoms with Crippen molar-refractivity contribution in [2.75, 3.05) is 6.54 Å². The van der Waals surface area contributed by atoms with Gasteiger partial charge in [-0.1, -0.05) is 48.5 Å². The molecule has 0 aliphatic rings. The number of sulfonamides is 1. The molecule has 0 saturated heterocycles. The zero-order valence-electron chi connectivity index (χ0n) is 17.3. The Morgan fingerprint density at radius 1 is 0.935 bits per heavy atom. The van der Waals surface area contributed by atoms with Crippen LogP contribution in [-0.2, 0) is 23.0 Å². The van der Waals surface area contributed by atoms with Gasteiger partial charge >= 0.3 is 0 Å². The van der Waals surface area contributed by atoms with E-state index in [0.717, 1.165) is 24.0 Å². The first kappa shape index (κ1) is 22.5. The molecule has 162 valence electrons. The summed E-state index contributed by atoms with van der Waals surface area (Å²) in [6, 6.07) is 20.8. The average Bonchev–Trinajstić information content (AvgIpc) is 2.77. The minimum Gasteiger partial charge on any atom is -0.508 e. The van der Waals surface area contributed by atoms with Crippen molar-refractivity contribution in [3.8, 4) is 5.75 Å². The number of phenols is 1. The van der Waals surface area contributed by atoms with Gasteiger partial charge in [0, 0.05) is 18.7 Å². The van der Waals surface area contributed by atoms with Gasteiger partial charge in [0.1, 0.15) is 5.75 Å². The van der Waals surface area contributed by atoms with Crippen LogP contribution in [0.1, 0.15) is 33.5 Å². The van der Waals surface area contributed by atoms with Gasteiger partial charge in [-0.05, 0) is 60.7 Å². The molecule has 3 aromatic carbocycles. The smallest absolute Gasteiger partial charge is 0.251 e. The Labute approximate surface area is 183 Å². The number of amides is 1. The largest absolute Gasteiger partial charge is 0.508 e. The standard InChI is InChI=1S/C24H26N2O4S/c1-18-9-14-22(31(29,30)26-17-20-6-3-2-4-7-20)16-23(18)24(28)25-15-5-8-19-10-12-21(27)13-11-19/h2-4,6-7,9-14,16,26-27H,5,8,15,17H2,1H3,(H,25,28). The van der Waals surface area contributed by atoms with Crippen LogP contribution in [0.4, 0.5) is 0 Å². The van der Waals surface area contributed by atoms with Crippen molar-refractivity contribution in [2.24, 2.45) is 0 Å². The van der Waals surface area contributed by atoms with Crippen LogP contribution in [0.2, 0.25) is 0 Å². The summed E-state index contributed by atoms with van der Waals surface area (Å²) in [6.07, 6.45) is 1.49. The molecule has 0 fully saturated rings. The highest BCUT2D eigenvalue weighted by molar-refractivity contribution is 7.89. The first-order valence-electron chi connectivity index (χ1n) is 10.1. The summed E-state index contributed by atoms with van der Waals surface area (Å²) in [5.74, 6) is -0.0797. The highest BCUT2D eigenvalue weighted by Crippen LogP contribution is 2.16. The second kappa shape index (κ2) is 10.2. The fraction of sp³-hybridized carbons (Fsp3) is 0.208. The van der Waals surface area contributed by atoms with E-state index >= 15 is 0 Å². The fourth-order valence-corrected chi connectivity index (χ4v) is 4.17. The van der Waals surface area contributed by atoms with Gasteiger partial charge in [0.05, 0.1) is 4.90 Å². The lowest BCUT2D eigenvalue weighted by Crippen LogP contribution is -2.27. The summed E-state index contributed by atoms with van der Waals surface area (Å²) in [5, 5.41) is 12.2. The SMILES string of the molecule is Cc1ccc(S(=O)(=O)NCc2ccccc2)cc1C(=O)NCCCc1ccc(O)cc1. The number of aromatic hydroxyl groups is 1. The molecule has 3 aromatic rings. The summed E-state index contributed by atoms with van der Waals surface area (Å²) in [6.45, 7) is 2.41. The second-order valence-electron chi connectivity index (χ2n) is 7.31. The number of hydrogen-bond acceptors (Lipinski definition) is 4. The molecule has 0 bridgehead atoms. The van der Waals surface area contributed by atoms with Gasteiger partial charge in [-0.25, -0.2) is 13.1 Å². The molecule has 0 aromatic heterocycles. The number of aryl methyl sites for hydroxylation is 2. The third-order valence-corrected chi connectivity index (χ3v) is 6.34.